The van der Waals surface area contributed by atoms with Crippen molar-refractivity contribution < 1.29 is 17.6 Å². The molecule has 27 heavy (non-hydrogen) atoms. The van der Waals surface area contributed by atoms with Crippen LogP contribution < -0.4 is 19.6 Å². The highest BCUT2D eigenvalue weighted by Gasteiger charge is 2.48. The fourth-order valence-electron chi connectivity index (χ4n) is 3.11. The Morgan fingerprint density at radius 1 is 0.630 bits per heavy atom. The van der Waals surface area contributed by atoms with E-state index in [1.54, 1.807) is 42.5 Å². The molecule has 0 unspecified atom stereocenters. The highest BCUT2D eigenvalue weighted by atomic mass is 79.9. The average molecular weight is 447 g/mol. The van der Waals surface area contributed by atoms with Crippen LogP contribution in [0.15, 0.2) is 46.9 Å². The van der Waals surface area contributed by atoms with E-state index in [1.807, 2.05) is 0 Å². The number of benzene rings is 2. The average Bonchev–Trinajstić information content (AvgIpc) is 2.92. The molecule has 2 heterocycles. The Morgan fingerprint density at radius 2 is 1.00 bits per heavy atom. The lowest BCUT2D eigenvalue weighted by Crippen LogP contribution is -2.46. The van der Waals surface area contributed by atoms with Crippen LogP contribution in [0.5, 0.6) is 0 Å². The molecule has 0 amide bonds. The molecule has 0 aliphatic carbocycles. The molecule has 146 valence electrons. The van der Waals surface area contributed by atoms with Crippen LogP contribution in [0.1, 0.15) is 0 Å². The summed E-state index contributed by atoms with van der Waals surface area (Å²) in [6.45, 7) is 0. The minimum absolute atomic E-state index is 0.534. The van der Waals surface area contributed by atoms with Gasteiger partial charge >= 0.3 is 12.3 Å². The zero-order valence-corrected chi connectivity index (χ0v) is 16.8. The Morgan fingerprint density at radius 3 is 1.44 bits per heavy atom. The quantitative estimate of drug-likeness (QED) is 0.416. The van der Waals surface area contributed by atoms with Crippen LogP contribution in [-0.4, -0.2) is 40.5 Å². The summed E-state index contributed by atoms with van der Waals surface area (Å²) in [6, 6.07) is 12.0. The maximum absolute atomic E-state index is 13.5. The smallest absolute Gasteiger partial charge is 0.295 e. The highest BCUT2D eigenvalue weighted by Crippen LogP contribution is 2.46. The zero-order valence-electron chi connectivity index (χ0n) is 15.2. The number of hydrogen-bond donors (Lipinski definition) is 0. The first-order valence-corrected chi connectivity index (χ1v) is 8.88. The minimum atomic E-state index is -2.94. The molecule has 2 aliphatic rings. The maximum Gasteiger partial charge on any atom is 0.413 e. The number of alkyl halides is 4. The lowest BCUT2D eigenvalue weighted by molar-refractivity contribution is 0.0117. The number of halogens is 5. The molecule has 0 fully saturated rings. The van der Waals surface area contributed by atoms with Gasteiger partial charge in [0.2, 0.25) is 0 Å². The minimum Gasteiger partial charge on any atom is -0.295 e. The van der Waals surface area contributed by atoms with Gasteiger partial charge in [-0.2, -0.15) is 17.6 Å². The fraction of sp³-hybridized carbons (Fsp3) is 0.333. The molecule has 4 nitrogen and oxygen atoms in total. The molecule has 0 saturated heterocycles. The number of anilines is 4. The van der Waals surface area contributed by atoms with Crippen molar-refractivity contribution in [2.75, 3.05) is 47.8 Å². The SMILES string of the molecule is CN1c2ccc(Br)cc2N(C)C1(F)F.CN1c2ccccc2N(C)C1(F)F. The first-order valence-electron chi connectivity index (χ1n) is 8.09. The molecule has 0 aromatic heterocycles. The van der Waals surface area contributed by atoms with E-state index in [4.69, 9.17) is 0 Å². The van der Waals surface area contributed by atoms with Gasteiger partial charge in [-0.1, -0.05) is 28.1 Å². The van der Waals surface area contributed by atoms with E-state index < -0.39 is 12.3 Å². The van der Waals surface area contributed by atoms with Crippen molar-refractivity contribution in [3.63, 3.8) is 0 Å². The van der Waals surface area contributed by atoms with E-state index >= 15 is 0 Å². The summed E-state index contributed by atoms with van der Waals surface area (Å²) in [7, 11) is 5.55. The van der Waals surface area contributed by atoms with Crippen molar-refractivity contribution in [1.82, 2.24) is 0 Å². The summed E-state index contributed by atoms with van der Waals surface area (Å²) in [5.74, 6) is 0. The van der Waals surface area contributed by atoms with Gasteiger partial charge in [0.15, 0.2) is 0 Å². The lowest BCUT2D eigenvalue weighted by Gasteiger charge is -2.26. The van der Waals surface area contributed by atoms with Gasteiger partial charge in [-0.05, 0) is 30.3 Å². The third-order valence-electron chi connectivity index (χ3n) is 4.88. The second-order valence-corrected chi connectivity index (χ2v) is 7.29. The highest BCUT2D eigenvalue weighted by molar-refractivity contribution is 9.10. The van der Waals surface area contributed by atoms with Gasteiger partial charge < -0.3 is 0 Å². The monoisotopic (exact) mass is 446 g/mol. The number of para-hydroxylation sites is 2. The van der Waals surface area contributed by atoms with Gasteiger partial charge in [0.1, 0.15) is 0 Å². The molecular weight excluding hydrogens is 428 g/mol. The van der Waals surface area contributed by atoms with E-state index in [-0.39, 0.29) is 0 Å². The molecule has 4 rings (SSSR count). The van der Waals surface area contributed by atoms with Crippen molar-refractivity contribution in [2.45, 2.75) is 12.3 Å². The van der Waals surface area contributed by atoms with E-state index in [0.717, 1.165) is 24.1 Å². The maximum atomic E-state index is 13.5. The first kappa shape index (κ1) is 19.6. The lowest BCUT2D eigenvalue weighted by atomic mass is 10.2. The van der Waals surface area contributed by atoms with Crippen molar-refractivity contribution in [3.8, 4) is 0 Å². The summed E-state index contributed by atoms with van der Waals surface area (Å²) >= 11 is 3.26. The van der Waals surface area contributed by atoms with Crippen LogP contribution in [0.3, 0.4) is 0 Å². The van der Waals surface area contributed by atoms with E-state index in [9.17, 15) is 17.6 Å². The van der Waals surface area contributed by atoms with E-state index in [2.05, 4.69) is 15.9 Å². The fourth-order valence-corrected chi connectivity index (χ4v) is 3.46. The predicted octanol–water partition coefficient (Wildman–Crippen LogP) is 5.01. The second-order valence-electron chi connectivity index (χ2n) is 6.38. The standard InChI is InChI=1S/C9H9BrF2N2.C9H10F2N2/c1-13-7-4-3-6(10)5-8(7)14(2)9(13,11)12;1-12-7-5-3-4-6-8(7)13(2)9(12,10)11/h3-5H,1-2H3;3-6H,1-2H3. The molecular formula is C18H19BrF4N4. The number of fused-ring (bicyclic) bond motifs is 2. The number of nitrogens with zero attached hydrogens (tertiary/aromatic N) is 4. The largest absolute Gasteiger partial charge is 0.413 e. The van der Waals surface area contributed by atoms with Crippen molar-refractivity contribution in [1.29, 1.82) is 0 Å². The second kappa shape index (κ2) is 6.47. The third-order valence-corrected chi connectivity index (χ3v) is 5.37. The van der Waals surface area contributed by atoms with Gasteiger partial charge in [-0.3, -0.25) is 19.6 Å². The Labute approximate surface area is 163 Å². The van der Waals surface area contributed by atoms with Crippen molar-refractivity contribution >= 4 is 38.7 Å². The molecule has 0 atom stereocenters. The molecule has 0 radical (unpaired) electrons. The summed E-state index contributed by atoms with van der Waals surface area (Å²) < 4.78 is 54.5. The van der Waals surface area contributed by atoms with Crippen LogP contribution in [-0.2, 0) is 0 Å². The van der Waals surface area contributed by atoms with Gasteiger partial charge in [0.25, 0.3) is 0 Å². The van der Waals surface area contributed by atoms with E-state index in [0.29, 0.717) is 22.7 Å². The Kier molecular flexibility index (Phi) is 4.70. The Balaban J connectivity index is 0.000000156. The van der Waals surface area contributed by atoms with Gasteiger partial charge in [0, 0.05) is 32.7 Å². The summed E-state index contributed by atoms with van der Waals surface area (Å²) in [6.07, 6.45) is -5.85. The normalized spacial score (nSPS) is 18.9. The summed E-state index contributed by atoms with van der Waals surface area (Å²) in [5.41, 5.74) is 2.21. The molecule has 9 heteroatoms. The molecule has 0 saturated carbocycles. The summed E-state index contributed by atoms with van der Waals surface area (Å²) in [5, 5.41) is 0. The Hall–Kier alpha value is -2.16. The van der Waals surface area contributed by atoms with Crippen LogP contribution in [0.2, 0.25) is 0 Å². The third kappa shape index (κ3) is 2.97. The van der Waals surface area contributed by atoms with Gasteiger partial charge in [-0.25, -0.2) is 0 Å². The van der Waals surface area contributed by atoms with Crippen LogP contribution in [0, 0.1) is 0 Å². The van der Waals surface area contributed by atoms with E-state index in [1.165, 1.54) is 28.2 Å². The number of rotatable bonds is 0. The number of hydrogen-bond acceptors (Lipinski definition) is 4. The van der Waals surface area contributed by atoms with Crippen LogP contribution in [0.25, 0.3) is 0 Å². The van der Waals surface area contributed by atoms with Gasteiger partial charge in [0.05, 0.1) is 22.7 Å². The molecule has 0 bridgehead atoms. The van der Waals surface area contributed by atoms with Gasteiger partial charge in [-0.15, -0.1) is 0 Å². The zero-order chi connectivity index (χ0) is 20.1. The first-order chi connectivity index (χ1) is 12.5. The summed E-state index contributed by atoms with van der Waals surface area (Å²) in [4.78, 5) is 3.88. The van der Waals surface area contributed by atoms with Crippen LogP contribution in [0.4, 0.5) is 40.3 Å². The topological polar surface area (TPSA) is 13.0 Å². The molecule has 0 spiro atoms. The Bertz CT molecular complexity index is 830. The molecule has 2 aromatic rings. The molecule has 0 N–H and O–H groups in total. The molecule has 2 aromatic carbocycles. The molecule has 2 aliphatic heterocycles. The van der Waals surface area contributed by atoms with Crippen molar-refractivity contribution in [2.24, 2.45) is 0 Å². The van der Waals surface area contributed by atoms with Crippen molar-refractivity contribution in [3.05, 3.63) is 46.9 Å². The predicted molar refractivity (Wildman–Crippen MR) is 104 cm³/mol. The van der Waals surface area contributed by atoms with Crippen LogP contribution >= 0.6 is 15.9 Å².